The highest BCUT2D eigenvalue weighted by Crippen LogP contribution is 2.58. The monoisotopic (exact) mass is 460 g/mol. The van der Waals surface area contributed by atoms with Crippen molar-refractivity contribution in [2.24, 2.45) is 17.8 Å². The molecular formula is C25H29ClO6. The van der Waals surface area contributed by atoms with E-state index in [1.807, 2.05) is 19.1 Å². The number of hydrogen-bond donors (Lipinski definition) is 1. The largest absolute Gasteiger partial charge is 0.465 e. The first-order valence-corrected chi connectivity index (χ1v) is 11.4. The molecule has 172 valence electrons. The van der Waals surface area contributed by atoms with E-state index < -0.39 is 41.1 Å². The molecule has 1 aliphatic carbocycles. The van der Waals surface area contributed by atoms with Crippen LogP contribution in [0.5, 0.6) is 0 Å². The first-order chi connectivity index (χ1) is 15.0. The van der Waals surface area contributed by atoms with Crippen LogP contribution in [0, 0.1) is 17.8 Å². The van der Waals surface area contributed by atoms with Crippen molar-refractivity contribution >= 4 is 23.4 Å². The molecule has 2 saturated heterocycles. The molecule has 7 heteroatoms. The Bertz CT molecular complexity index is 1020. The van der Waals surface area contributed by atoms with Gasteiger partial charge in [-0.15, -0.1) is 0 Å². The fourth-order valence-corrected chi connectivity index (χ4v) is 5.45. The third-order valence-electron chi connectivity index (χ3n) is 6.80. The van der Waals surface area contributed by atoms with Crippen molar-refractivity contribution in [2.75, 3.05) is 0 Å². The topological polar surface area (TPSA) is 82.1 Å². The van der Waals surface area contributed by atoms with Crippen LogP contribution in [-0.2, 0) is 23.8 Å². The Morgan fingerprint density at radius 1 is 1.38 bits per heavy atom. The highest BCUT2D eigenvalue weighted by Gasteiger charge is 2.70. The second-order valence-corrected chi connectivity index (χ2v) is 9.76. The van der Waals surface area contributed by atoms with E-state index in [0.717, 1.165) is 12.0 Å². The van der Waals surface area contributed by atoms with Crippen molar-refractivity contribution in [3.63, 3.8) is 0 Å². The summed E-state index contributed by atoms with van der Waals surface area (Å²) < 4.78 is 17.1. The van der Waals surface area contributed by atoms with Crippen LogP contribution in [-0.4, -0.2) is 34.4 Å². The van der Waals surface area contributed by atoms with E-state index in [1.165, 1.54) is 6.26 Å². The van der Waals surface area contributed by atoms with E-state index in [2.05, 4.69) is 19.9 Å². The van der Waals surface area contributed by atoms with Gasteiger partial charge in [0.2, 0.25) is 5.78 Å². The molecule has 32 heavy (non-hydrogen) atoms. The van der Waals surface area contributed by atoms with Gasteiger partial charge in [0.15, 0.2) is 5.79 Å². The van der Waals surface area contributed by atoms with Gasteiger partial charge >= 0.3 is 5.97 Å². The Morgan fingerprint density at radius 3 is 2.78 bits per heavy atom. The van der Waals surface area contributed by atoms with E-state index in [9.17, 15) is 14.7 Å². The first-order valence-electron chi connectivity index (χ1n) is 11.0. The minimum Gasteiger partial charge on any atom is -0.465 e. The zero-order valence-corrected chi connectivity index (χ0v) is 19.7. The third kappa shape index (κ3) is 3.58. The summed E-state index contributed by atoms with van der Waals surface area (Å²) >= 11 is 6.50. The predicted molar refractivity (Wildman–Crippen MR) is 119 cm³/mol. The molecule has 0 aromatic rings. The Hall–Kier alpha value is -2.15. The fraction of sp³-hybridized carbons (Fsp3) is 0.520. The van der Waals surface area contributed by atoms with Crippen LogP contribution in [0.3, 0.4) is 0 Å². The lowest BCUT2D eigenvalue weighted by molar-refractivity contribution is -0.260. The maximum absolute atomic E-state index is 13.3. The number of allylic oxidation sites excluding steroid dienone is 6. The number of esters is 1. The van der Waals surface area contributed by atoms with E-state index in [4.69, 9.17) is 25.8 Å². The molecule has 0 spiro atoms. The zero-order chi connectivity index (χ0) is 23.4. The number of aliphatic hydroxyl groups is 1. The highest BCUT2D eigenvalue weighted by atomic mass is 35.5. The van der Waals surface area contributed by atoms with Crippen molar-refractivity contribution in [3.05, 3.63) is 58.1 Å². The molecule has 3 aliphatic heterocycles. The van der Waals surface area contributed by atoms with Gasteiger partial charge in [-0.2, -0.15) is 0 Å². The highest BCUT2D eigenvalue weighted by molar-refractivity contribution is 6.45. The minimum atomic E-state index is -1.81. The smallest absolute Gasteiger partial charge is 0.315 e. The summed E-state index contributed by atoms with van der Waals surface area (Å²) in [6, 6.07) is 0. The molecule has 0 bridgehead atoms. The van der Waals surface area contributed by atoms with Crippen LogP contribution in [0.2, 0.25) is 0 Å². The predicted octanol–water partition coefficient (Wildman–Crippen LogP) is 4.45. The van der Waals surface area contributed by atoms with Gasteiger partial charge in [-0.05, 0) is 38.8 Å². The Balaban J connectivity index is 1.70. The van der Waals surface area contributed by atoms with Crippen LogP contribution >= 0.6 is 11.6 Å². The van der Waals surface area contributed by atoms with Crippen molar-refractivity contribution in [3.8, 4) is 0 Å². The molecule has 6 nitrogen and oxygen atoms in total. The van der Waals surface area contributed by atoms with Crippen molar-refractivity contribution in [2.45, 2.75) is 65.0 Å². The van der Waals surface area contributed by atoms with Crippen LogP contribution in [0.15, 0.2) is 58.1 Å². The molecule has 0 aromatic heterocycles. The average Bonchev–Trinajstić information content (AvgIpc) is 2.98. The lowest BCUT2D eigenvalue weighted by Crippen LogP contribution is -2.50. The molecule has 0 saturated carbocycles. The van der Waals surface area contributed by atoms with Gasteiger partial charge in [-0.3, -0.25) is 9.59 Å². The van der Waals surface area contributed by atoms with Crippen LogP contribution in [0.4, 0.5) is 0 Å². The molecule has 4 aliphatic rings. The number of carbonyl (C=O) groups excluding carboxylic acids is 2. The van der Waals surface area contributed by atoms with Crippen molar-refractivity contribution < 1.29 is 28.9 Å². The number of halogens is 1. The Labute approximate surface area is 193 Å². The lowest BCUT2D eigenvalue weighted by atomic mass is 9.66. The van der Waals surface area contributed by atoms with Crippen molar-refractivity contribution in [1.82, 2.24) is 0 Å². The molecule has 6 atom stereocenters. The number of ketones is 1. The number of carbonyl (C=O) groups is 2. The summed E-state index contributed by atoms with van der Waals surface area (Å²) in [7, 11) is 0. The molecule has 0 radical (unpaired) electrons. The van der Waals surface area contributed by atoms with E-state index in [-0.39, 0.29) is 11.5 Å². The number of ether oxygens (including phenoxy) is 3. The first kappa shape index (κ1) is 23.0. The van der Waals surface area contributed by atoms with Gasteiger partial charge in [0.05, 0.1) is 11.3 Å². The molecule has 0 amide bonds. The molecule has 4 rings (SSSR count). The normalized spacial score (nSPS) is 37.8. The summed E-state index contributed by atoms with van der Waals surface area (Å²) in [5, 5.41) is 11.2. The number of Topliss-reactive ketones (excluding diaryl/α,β-unsaturated/α-hetero) is 1. The third-order valence-corrected chi connectivity index (χ3v) is 7.17. The second-order valence-electron chi connectivity index (χ2n) is 9.38. The van der Waals surface area contributed by atoms with Gasteiger partial charge in [0.25, 0.3) is 0 Å². The van der Waals surface area contributed by atoms with Crippen LogP contribution in [0.1, 0.15) is 47.5 Å². The summed E-state index contributed by atoms with van der Waals surface area (Å²) in [5.74, 6) is -3.69. The number of rotatable bonds is 4. The zero-order valence-electron chi connectivity index (χ0n) is 19.0. The molecule has 1 N–H and O–H groups in total. The van der Waals surface area contributed by atoms with Gasteiger partial charge < -0.3 is 19.3 Å². The Morgan fingerprint density at radius 2 is 2.09 bits per heavy atom. The van der Waals surface area contributed by atoms with Gasteiger partial charge in [0.1, 0.15) is 23.4 Å². The van der Waals surface area contributed by atoms with E-state index >= 15 is 0 Å². The molecule has 2 fully saturated rings. The maximum Gasteiger partial charge on any atom is 0.315 e. The molecule has 0 aromatic carbocycles. The molecule has 3 heterocycles. The maximum atomic E-state index is 13.3. The van der Waals surface area contributed by atoms with E-state index in [1.54, 1.807) is 19.9 Å². The van der Waals surface area contributed by atoms with Crippen molar-refractivity contribution in [1.29, 1.82) is 0 Å². The quantitative estimate of drug-likeness (QED) is 0.493. The summed E-state index contributed by atoms with van der Waals surface area (Å²) in [6.45, 7) is 9.55. The number of fused-ring (bicyclic) bond motifs is 5. The number of hydrogen-bond acceptors (Lipinski definition) is 6. The summed E-state index contributed by atoms with van der Waals surface area (Å²) in [4.78, 5) is 26.1. The van der Waals surface area contributed by atoms with Crippen LogP contribution in [0.25, 0.3) is 0 Å². The van der Waals surface area contributed by atoms with Gasteiger partial charge in [0, 0.05) is 23.5 Å². The lowest BCUT2D eigenvalue weighted by Gasteiger charge is -2.38. The number of cyclic esters (lactones) is 1. The summed E-state index contributed by atoms with van der Waals surface area (Å²) in [6.07, 6.45) is 9.73. The molecule has 1 unspecified atom stereocenters. The minimum absolute atomic E-state index is 0.000248. The standard InChI is InChI=1S/C25H29ClO6/c1-6-13(2)9-14(3)7-8-16-10-17-18(12-30-16)19-20-23(28)31-15(4)11-25(20,29)32-24(19,5)22(27)21(17)26/h7-10,12-13,15,19-20,29H,6,11H2,1-5H3/b8-7+,14-9+/t13-,15+,19+,20+,24-,25?/m0/s1. The SMILES string of the molecule is CC[C@H](C)/C=C(C)/C=C/C1=CC2=C(Cl)C(=O)[C@@]3(C)OC4(O)C[C@@H](C)OC(=O)[C@H]4[C@H]3C2=CO1. The van der Waals surface area contributed by atoms with E-state index in [0.29, 0.717) is 22.8 Å². The van der Waals surface area contributed by atoms with Gasteiger partial charge in [-0.1, -0.05) is 49.6 Å². The average molecular weight is 461 g/mol. The fourth-order valence-electron chi connectivity index (χ4n) is 5.10. The molecular weight excluding hydrogens is 432 g/mol. The summed E-state index contributed by atoms with van der Waals surface area (Å²) in [5.41, 5.74) is 0.635. The van der Waals surface area contributed by atoms with Gasteiger partial charge in [-0.25, -0.2) is 0 Å². The second kappa shape index (κ2) is 8.01. The van der Waals surface area contributed by atoms with Crippen LogP contribution < -0.4 is 0 Å². The Kier molecular flexibility index (Phi) is 5.76.